The third-order valence-corrected chi connectivity index (χ3v) is 4.75. The van der Waals surface area contributed by atoms with E-state index < -0.39 is 0 Å². The van der Waals surface area contributed by atoms with E-state index in [1.807, 2.05) is 0 Å². The Hall–Kier alpha value is -1.31. The molecule has 1 atom stereocenters. The van der Waals surface area contributed by atoms with E-state index in [-0.39, 0.29) is 0 Å². The molecule has 4 nitrogen and oxygen atoms in total. The Morgan fingerprint density at radius 2 is 2.00 bits per heavy atom. The Morgan fingerprint density at radius 3 is 2.70 bits per heavy atom. The van der Waals surface area contributed by atoms with Crippen molar-refractivity contribution in [2.45, 2.75) is 32.2 Å². The van der Waals surface area contributed by atoms with Crippen LogP contribution in [-0.2, 0) is 13.0 Å². The quantitative estimate of drug-likeness (QED) is 0.770. The minimum atomic E-state index is 0.506. The van der Waals surface area contributed by atoms with E-state index in [0.717, 1.165) is 38.4 Å². The number of halogens is 1. The summed E-state index contributed by atoms with van der Waals surface area (Å²) in [6, 6.07) is 2.28. The average molecular weight is 293 g/mol. The standard InChI is InChI=1S/C15H19ClN4/c1-19-8-5-11-12(9-17)14(16)18-15(13(11)10-19)20-6-3-2-4-7-20/h2-8,10H2,1H3/p+2. The van der Waals surface area contributed by atoms with Gasteiger partial charge in [0, 0.05) is 6.42 Å². The van der Waals surface area contributed by atoms with E-state index in [0.29, 0.717) is 10.7 Å². The number of nitrogens with zero attached hydrogens (tertiary/aromatic N) is 2. The molecule has 0 bridgehead atoms. The van der Waals surface area contributed by atoms with Gasteiger partial charge in [-0.3, -0.25) is 4.90 Å². The summed E-state index contributed by atoms with van der Waals surface area (Å²) in [5.41, 5.74) is 3.12. The normalized spacial score (nSPS) is 22.2. The van der Waals surface area contributed by atoms with Gasteiger partial charge in [0.2, 0.25) is 5.15 Å². The fourth-order valence-electron chi connectivity index (χ4n) is 3.37. The van der Waals surface area contributed by atoms with Crippen molar-refractivity contribution in [2.75, 3.05) is 31.6 Å². The second-order valence-electron chi connectivity index (χ2n) is 5.91. The van der Waals surface area contributed by atoms with Crippen LogP contribution >= 0.6 is 11.6 Å². The molecule has 20 heavy (non-hydrogen) atoms. The van der Waals surface area contributed by atoms with E-state index >= 15 is 0 Å². The van der Waals surface area contributed by atoms with Crippen LogP contribution in [0.3, 0.4) is 0 Å². The summed E-state index contributed by atoms with van der Waals surface area (Å²) >= 11 is 6.31. The molecule has 1 unspecified atom stereocenters. The summed E-state index contributed by atoms with van der Waals surface area (Å²) in [6.45, 7) is 4.22. The molecule has 3 rings (SSSR count). The maximum Gasteiger partial charge on any atom is 0.284 e. The molecule has 0 saturated carbocycles. The molecule has 2 aliphatic heterocycles. The number of nitrogens with one attached hydrogen (secondary N) is 2. The van der Waals surface area contributed by atoms with Crippen molar-refractivity contribution in [2.24, 2.45) is 0 Å². The lowest BCUT2D eigenvalue weighted by molar-refractivity contribution is -0.895. The molecule has 106 valence electrons. The molecule has 2 aliphatic rings. The Bertz CT molecular complexity index is 558. The zero-order valence-electron chi connectivity index (χ0n) is 11.9. The SMILES string of the molecule is C[NH+]1CCc2c(C#N)c(Cl)[nH+]c(N3CCCCC3)c2C1. The summed E-state index contributed by atoms with van der Waals surface area (Å²) in [4.78, 5) is 7.21. The van der Waals surface area contributed by atoms with Crippen LogP contribution < -0.4 is 14.8 Å². The topological polar surface area (TPSA) is 45.6 Å². The highest BCUT2D eigenvalue weighted by Gasteiger charge is 2.32. The van der Waals surface area contributed by atoms with E-state index in [1.165, 1.54) is 35.3 Å². The Labute approximate surface area is 125 Å². The first-order chi connectivity index (χ1) is 9.70. The molecule has 0 aromatic carbocycles. The molecule has 1 aromatic heterocycles. The monoisotopic (exact) mass is 292 g/mol. The van der Waals surface area contributed by atoms with Crippen LogP contribution in [0.1, 0.15) is 36.0 Å². The molecule has 3 heterocycles. The van der Waals surface area contributed by atoms with E-state index in [1.54, 1.807) is 0 Å². The van der Waals surface area contributed by atoms with Crippen molar-refractivity contribution >= 4 is 17.4 Å². The molecule has 1 aromatic rings. The number of aromatic nitrogens is 1. The maximum atomic E-state index is 9.37. The summed E-state index contributed by atoms with van der Waals surface area (Å²) in [6.07, 6.45) is 4.74. The van der Waals surface area contributed by atoms with Gasteiger partial charge >= 0.3 is 0 Å². The van der Waals surface area contributed by atoms with Crippen LogP contribution in [-0.4, -0.2) is 26.7 Å². The van der Waals surface area contributed by atoms with E-state index in [2.05, 4.69) is 23.0 Å². The first-order valence-electron chi connectivity index (χ1n) is 7.43. The third-order valence-electron chi connectivity index (χ3n) is 4.46. The number of aromatic amines is 1. The zero-order chi connectivity index (χ0) is 14.1. The number of anilines is 1. The number of pyridine rings is 1. The fourth-order valence-corrected chi connectivity index (χ4v) is 3.61. The summed E-state index contributed by atoms with van der Waals surface area (Å²) in [5.74, 6) is 1.16. The average Bonchev–Trinajstić information content (AvgIpc) is 2.48. The van der Waals surface area contributed by atoms with Crippen LogP contribution in [0.4, 0.5) is 5.82 Å². The number of likely N-dealkylation sites (N-methyl/N-ethyl adjacent to an activating group) is 1. The van der Waals surface area contributed by atoms with Gasteiger partial charge in [-0.25, -0.2) is 4.98 Å². The first-order valence-corrected chi connectivity index (χ1v) is 7.81. The number of piperidine rings is 1. The highest BCUT2D eigenvalue weighted by Crippen LogP contribution is 2.28. The number of quaternary nitrogens is 1. The Kier molecular flexibility index (Phi) is 3.82. The molecule has 1 fully saturated rings. The number of rotatable bonds is 1. The second-order valence-corrected chi connectivity index (χ2v) is 6.29. The molecular formula is C15H21ClN4+2. The third kappa shape index (κ3) is 2.36. The first kappa shape index (κ1) is 13.7. The number of hydrogen-bond donors (Lipinski definition) is 1. The van der Waals surface area contributed by atoms with Gasteiger partial charge in [0.25, 0.3) is 5.82 Å². The maximum absolute atomic E-state index is 9.37. The lowest BCUT2D eigenvalue weighted by atomic mass is 9.96. The minimum Gasteiger partial charge on any atom is -0.333 e. The Morgan fingerprint density at radius 1 is 1.25 bits per heavy atom. The van der Waals surface area contributed by atoms with Crippen LogP contribution in [0, 0.1) is 11.3 Å². The van der Waals surface area contributed by atoms with Gasteiger partial charge in [-0.1, -0.05) is 0 Å². The van der Waals surface area contributed by atoms with Crippen molar-refractivity contribution in [3.05, 3.63) is 21.8 Å². The lowest BCUT2D eigenvalue weighted by Crippen LogP contribution is -3.08. The van der Waals surface area contributed by atoms with Crippen LogP contribution in [0.2, 0.25) is 5.15 Å². The molecule has 0 aliphatic carbocycles. The van der Waals surface area contributed by atoms with Gasteiger partial charge < -0.3 is 4.90 Å². The van der Waals surface area contributed by atoms with Crippen molar-refractivity contribution in [1.82, 2.24) is 0 Å². The van der Waals surface area contributed by atoms with E-state index in [9.17, 15) is 5.26 Å². The number of nitriles is 1. The molecule has 0 spiro atoms. The van der Waals surface area contributed by atoms with Gasteiger partial charge in [-0.15, -0.1) is 0 Å². The van der Waals surface area contributed by atoms with Gasteiger partial charge in [-0.2, -0.15) is 5.26 Å². The minimum absolute atomic E-state index is 0.506. The number of hydrogen-bond acceptors (Lipinski definition) is 2. The number of H-pyrrole nitrogens is 1. The molecule has 5 heteroatoms. The van der Waals surface area contributed by atoms with Crippen LogP contribution in [0.15, 0.2) is 0 Å². The molecule has 0 amide bonds. The van der Waals surface area contributed by atoms with Crippen molar-refractivity contribution < 1.29 is 9.88 Å². The summed E-state index contributed by atoms with van der Waals surface area (Å²) in [7, 11) is 2.21. The highest BCUT2D eigenvalue weighted by molar-refractivity contribution is 6.29. The van der Waals surface area contributed by atoms with Gasteiger partial charge in [-0.05, 0) is 36.4 Å². The van der Waals surface area contributed by atoms with Gasteiger partial charge in [0.05, 0.1) is 26.7 Å². The lowest BCUT2D eigenvalue weighted by Gasteiger charge is -2.28. The van der Waals surface area contributed by atoms with Gasteiger partial charge in [0.1, 0.15) is 23.7 Å². The predicted octanol–water partition coefficient (Wildman–Crippen LogP) is 0.587. The van der Waals surface area contributed by atoms with Crippen molar-refractivity contribution in [3.8, 4) is 6.07 Å². The van der Waals surface area contributed by atoms with Crippen LogP contribution in [0.5, 0.6) is 0 Å². The predicted molar refractivity (Wildman–Crippen MR) is 77.9 cm³/mol. The fraction of sp³-hybridized carbons (Fsp3) is 0.600. The van der Waals surface area contributed by atoms with Crippen molar-refractivity contribution in [3.63, 3.8) is 0 Å². The largest absolute Gasteiger partial charge is 0.333 e. The molecular weight excluding hydrogens is 272 g/mol. The van der Waals surface area contributed by atoms with Crippen LogP contribution in [0.25, 0.3) is 0 Å². The summed E-state index contributed by atoms with van der Waals surface area (Å²) < 4.78 is 0. The highest BCUT2D eigenvalue weighted by atomic mass is 35.5. The summed E-state index contributed by atoms with van der Waals surface area (Å²) in [5, 5.41) is 9.87. The van der Waals surface area contributed by atoms with E-state index in [4.69, 9.17) is 11.6 Å². The smallest absolute Gasteiger partial charge is 0.284 e. The zero-order valence-corrected chi connectivity index (χ0v) is 12.7. The van der Waals surface area contributed by atoms with Crippen molar-refractivity contribution in [1.29, 1.82) is 5.26 Å². The number of fused-ring (bicyclic) bond motifs is 1. The van der Waals surface area contributed by atoms with Gasteiger partial charge in [0.15, 0.2) is 0 Å². The second kappa shape index (κ2) is 5.59. The Balaban J connectivity index is 2.09. The molecule has 1 saturated heterocycles. The molecule has 0 radical (unpaired) electrons. The molecule has 2 N–H and O–H groups in total.